The summed E-state index contributed by atoms with van der Waals surface area (Å²) in [5.41, 5.74) is 6.20. The van der Waals surface area contributed by atoms with Crippen molar-refractivity contribution in [2.45, 2.75) is 6.54 Å². The van der Waals surface area contributed by atoms with Gasteiger partial charge in [0.2, 0.25) is 0 Å². The van der Waals surface area contributed by atoms with E-state index < -0.39 is 0 Å². The summed E-state index contributed by atoms with van der Waals surface area (Å²) < 4.78 is 1.78. The summed E-state index contributed by atoms with van der Waals surface area (Å²) in [6.45, 7) is 0.457. The van der Waals surface area contributed by atoms with E-state index in [-0.39, 0.29) is 5.91 Å². The van der Waals surface area contributed by atoms with Crippen molar-refractivity contribution < 1.29 is 4.79 Å². The molecule has 0 radical (unpaired) electrons. The number of benzene rings is 2. The Morgan fingerprint density at radius 2 is 1.66 bits per heavy atom. The number of rotatable bonds is 5. The van der Waals surface area contributed by atoms with Crippen LogP contribution in [0.1, 0.15) is 16.1 Å². The van der Waals surface area contributed by atoms with Crippen molar-refractivity contribution in [3.8, 4) is 22.3 Å². The van der Waals surface area contributed by atoms with Gasteiger partial charge in [-0.3, -0.25) is 14.5 Å². The highest BCUT2D eigenvalue weighted by Crippen LogP contribution is 2.29. The molecule has 1 amide bonds. The van der Waals surface area contributed by atoms with Gasteiger partial charge in [0.25, 0.3) is 5.91 Å². The zero-order chi connectivity index (χ0) is 21.9. The lowest BCUT2D eigenvalue weighted by atomic mass is 10.0. The van der Waals surface area contributed by atoms with E-state index in [1.54, 1.807) is 23.1 Å². The lowest BCUT2D eigenvalue weighted by Crippen LogP contribution is -2.23. The molecule has 0 bridgehead atoms. The second-order valence-electron chi connectivity index (χ2n) is 7.60. The third kappa shape index (κ3) is 3.98. The van der Waals surface area contributed by atoms with Crippen molar-refractivity contribution in [3.05, 3.63) is 103 Å². The molecule has 6 nitrogen and oxygen atoms in total. The number of fused-ring (bicyclic) bond motifs is 1. The predicted octanol–water partition coefficient (Wildman–Crippen LogP) is 4.63. The Bertz CT molecular complexity index is 1390. The standard InChI is InChI=1S/C26H21N5O/c1-31-17-22(15-29-31)19-7-9-20(10-8-19)23-16-27-14-21-11-12-24(30-25(21)23)26(32)28-13-18-5-3-2-4-6-18/h2-12,14-17H,13H2,1H3,(H,28,32). The van der Waals surface area contributed by atoms with Crippen molar-refractivity contribution in [1.29, 1.82) is 0 Å². The zero-order valence-corrected chi connectivity index (χ0v) is 17.6. The third-order valence-electron chi connectivity index (χ3n) is 5.36. The van der Waals surface area contributed by atoms with Gasteiger partial charge in [0.05, 0.1) is 11.7 Å². The zero-order valence-electron chi connectivity index (χ0n) is 17.6. The lowest BCUT2D eigenvalue weighted by Gasteiger charge is -2.09. The minimum absolute atomic E-state index is 0.203. The topological polar surface area (TPSA) is 72.7 Å². The molecule has 0 atom stereocenters. The SMILES string of the molecule is Cn1cc(-c2ccc(-c3cncc4ccc(C(=O)NCc5ccccc5)nc34)cc2)cn1. The Kier molecular flexibility index (Phi) is 5.17. The molecule has 6 heteroatoms. The molecule has 0 spiro atoms. The molecule has 0 unspecified atom stereocenters. The van der Waals surface area contributed by atoms with Gasteiger partial charge < -0.3 is 5.32 Å². The number of nitrogens with one attached hydrogen (secondary N) is 1. The van der Waals surface area contributed by atoms with Gasteiger partial charge in [-0.1, -0.05) is 54.6 Å². The third-order valence-corrected chi connectivity index (χ3v) is 5.36. The highest BCUT2D eigenvalue weighted by molar-refractivity contribution is 5.98. The Morgan fingerprint density at radius 1 is 0.875 bits per heavy atom. The number of carbonyl (C=O) groups is 1. The fourth-order valence-corrected chi connectivity index (χ4v) is 3.66. The van der Waals surface area contributed by atoms with Gasteiger partial charge >= 0.3 is 0 Å². The number of pyridine rings is 2. The molecule has 0 aliphatic rings. The first kappa shape index (κ1) is 19.6. The Morgan fingerprint density at radius 3 is 2.41 bits per heavy atom. The number of carbonyl (C=O) groups excluding carboxylic acids is 1. The van der Waals surface area contributed by atoms with Crippen LogP contribution in [-0.2, 0) is 13.6 Å². The maximum absolute atomic E-state index is 12.7. The van der Waals surface area contributed by atoms with E-state index in [0.29, 0.717) is 12.2 Å². The Labute approximate surface area is 185 Å². The van der Waals surface area contributed by atoms with Crippen LogP contribution in [0.25, 0.3) is 33.2 Å². The highest BCUT2D eigenvalue weighted by atomic mass is 16.1. The first-order valence-electron chi connectivity index (χ1n) is 10.3. The predicted molar refractivity (Wildman–Crippen MR) is 125 cm³/mol. The smallest absolute Gasteiger partial charge is 0.270 e. The van der Waals surface area contributed by atoms with Crippen molar-refractivity contribution in [2.24, 2.45) is 7.05 Å². The summed E-state index contributed by atoms with van der Waals surface area (Å²) in [6.07, 6.45) is 7.38. The average molecular weight is 419 g/mol. The van der Waals surface area contributed by atoms with Crippen LogP contribution in [0.15, 0.2) is 91.5 Å². The van der Waals surface area contributed by atoms with Gasteiger partial charge in [-0.15, -0.1) is 0 Å². The van der Waals surface area contributed by atoms with Gasteiger partial charge in [0.15, 0.2) is 0 Å². The molecule has 5 aromatic rings. The minimum atomic E-state index is -0.203. The molecule has 1 N–H and O–H groups in total. The molecule has 156 valence electrons. The summed E-state index contributed by atoms with van der Waals surface area (Å²) >= 11 is 0. The number of nitrogens with zero attached hydrogens (tertiary/aromatic N) is 4. The molecular formula is C26H21N5O. The summed E-state index contributed by atoms with van der Waals surface area (Å²) in [7, 11) is 1.90. The first-order chi connectivity index (χ1) is 15.7. The largest absolute Gasteiger partial charge is 0.347 e. The Balaban J connectivity index is 1.44. The minimum Gasteiger partial charge on any atom is -0.347 e. The fraction of sp³-hybridized carbons (Fsp3) is 0.0769. The number of hydrogen-bond acceptors (Lipinski definition) is 4. The maximum atomic E-state index is 12.7. The van der Waals surface area contributed by atoms with Crippen molar-refractivity contribution in [3.63, 3.8) is 0 Å². The lowest BCUT2D eigenvalue weighted by molar-refractivity contribution is 0.0946. The summed E-state index contributed by atoms with van der Waals surface area (Å²) in [6, 6.07) is 21.6. The molecule has 3 heterocycles. The highest BCUT2D eigenvalue weighted by Gasteiger charge is 2.12. The van der Waals surface area contributed by atoms with E-state index in [1.807, 2.05) is 68.0 Å². The van der Waals surface area contributed by atoms with Crippen LogP contribution in [0.5, 0.6) is 0 Å². The molecule has 0 aliphatic carbocycles. The Hall–Kier alpha value is -4.32. The molecule has 0 saturated heterocycles. The van der Waals surface area contributed by atoms with Crippen LogP contribution in [0.3, 0.4) is 0 Å². The molecule has 5 rings (SSSR count). The number of aryl methyl sites for hydroxylation is 1. The van der Waals surface area contributed by atoms with E-state index >= 15 is 0 Å². The maximum Gasteiger partial charge on any atom is 0.270 e. The van der Waals surface area contributed by atoms with E-state index in [2.05, 4.69) is 32.5 Å². The van der Waals surface area contributed by atoms with Crippen molar-refractivity contribution >= 4 is 16.8 Å². The van der Waals surface area contributed by atoms with E-state index in [0.717, 1.165) is 38.7 Å². The summed E-state index contributed by atoms with van der Waals surface area (Å²) in [5.74, 6) is -0.203. The normalized spacial score (nSPS) is 10.9. The first-order valence-corrected chi connectivity index (χ1v) is 10.3. The number of hydrogen-bond donors (Lipinski definition) is 1. The van der Waals surface area contributed by atoms with Gasteiger partial charge in [0, 0.05) is 48.7 Å². The molecule has 0 aliphatic heterocycles. The van der Waals surface area contributed by atoms with Crippen LogP contribution in [0.2, 0.25) is 0 Å². The van der Waals surface area contributed by atoms with Gasteiger partial charge in [-0.05, 0) is 28.8 Å². The van der Waals surface area contributed by atoms with E-state index in [1.165, 1.54) is 0 Å². The average Bonchev–Trinajstić information content (AvgIpc) is 3.29. The van der Waals surface area contributed by atoms with E-state index in [9.17, 15) is 4.79 Å². The summed E-state index contributed by atoms with van der Waals surface area (Å²) in [4.78, 5) is 21.8. The molecular weight excluding hydrogens is 398 g/mol. The molecule has 3 aromatic heterocycles. The van der Waals surface area contributed by atoms with Crippen molar-refractivity contribution in [1.82, 2.24) is 25.1 Å². The van der Waals surface area contributed by atoms with Gasteiger partial charge in [-0.2, -0.15) is 5.10 Å². The second kappa shape index (κ2) is 8.43. The molecule has 32 heavy (non-hydrogen) atoms. The molecule has 0 fully saturated rings. The van der Waals surface area contributed by atoms with Gasteiger partial charge in [0.1, 0.15) is 5.69 Å². The van der Waals surface area contributed by atoms with E-state index in [4.69, 9.17) is 0 Å². The molecule has 2 aromatic carbocycles. The van der Waals surface area contributed by atoms with Crippen LogP contribution in [0.4, 0.5) is 0 Å². The number of aromatic nitrogens is 4. The monoisotopic (exact) mass is 419 g/mol. The molecule has 0 saturated carbocycles. The van der Waals surface area contributed by atoms with Crippen LogP contribution >= 0.6 is 0 Å². The van der Waals surface area contributed by atoms with Crippen molar-refractivity contribution in [2.75, 3.05) is 0 Å². The summed E-state index contributed by atoms with van der Waals surface area (Å²) in [5, 5.41) is 8.06. The quantitative estimate of drug-likeness (QED) is 0.451. The fourth-order valence-electron chi connectivity index (χ4n) is 3.66. The van der Waals surface area contributed by atoms with Crippen LogP contribution < -0.4 is 5.32 Å². The van der Waals surface area contributed by atoms with Crippen LogP contribution in [0, 0.1) is 0 Å². The number of amides is 1. The van der Waals surface area contributed by atoms with Gasteiger partial charge in [-0.25, -0.2) is 4.98 Å². The second-order valence-corrected chi connectivity index (χ2v) is 7.60. The van der Waals surface area contributed by atoms with Crippen LogP contribution in [-0.4, -0.2) is 25.7 Å².